The number of amides is 2. The van der Waals surface area contributed by atoms with Crippen molar-refractivity contribution in [1.82, 2.24) is 4.90 Å². The topological polar surface area (TPSA) is 96.5 Å². The molecule has 1 aliphatic rings. The van der Waals surface area contributed by atoms with Crippen LogP contribution in [0.3, 0.4) is 0 Å². The van der Waals surface area contributed by atoms with E-state index in [2.05, 4.69) is 15.5 Å². The summed E-state index contributed by atoms with van der Waals surface area (Å²) in [5.74, 6) is 0.332. The predicted molar refractivity (Wildman–Crippen MR) is 163 cm³/mol. The fraction of sp³-hybridized carbons (Fsp3) is 0.0667. The minimum Gasteiger partial charge on any atom is -0.483 e. The van der Waals surface area contributed by atoms with Gasteiger partial charge in [-0.15, -0.1) is 5.10 Å². The SMILES string of the molecule is O=C(COc1ccc(Cl)cc1/C=C1\S/C(=N\N=C\c2ccccc2)N(Cc2ccco2)C1=O)Nc1ccc(Cl)cc1. The van der Waals surface area contributed by atoms with Crippen LogP contribution in [0.4, 0.5) is 5.69 Å². The highest BCUT2D eigenvalue weighted by Gasteiger charge is 2.34. The predicted octanol–water partition coefficient (Wildman–Crippen LogP) is 7.11. The molecule has 0 saturated carbocycles. The van der Waals surface area contributed by atoms with Crippen molar-refractivity contribution in [1.29, 1.82) is 0 Å². The van der Waals surface area contributed by atoms with E-state index in [9.17, 15) is 9.59 Å². The molecule has 8 nitrogen and oxygen atoms in total. The van der Waals surface area contributed by atoms with E-state index in [0.717, 1.165) is 17.3 Å². The molecule has 0 atom stereocenters. The van der Waals surface area contributed by atoms with Gasteiger partial charge in [-0.3, -0.25) is 14.5 Å². The van der Waals surface area contributed by atoms with Crippen LogP contribution in [-0.4, -0.2) is 34.7 Å². The molecule has 0 spiro atoms. The molecule has 1 aromatic heterocycles. The van der Waals surface area contributed by atoms with Gasteiger partial charge in [-0.25, -0.2) is 0 Å². The minimum atomic E-state index is -0.359. The number of halogens is 2. The highest BCUT2D eigenvalue weighted by atomic mass is 35.5. The number of thioether (sulfide) groups is 1. The number of rotatable bonds is 9. The van der Waals surface area contributed by atoms with E-state index in [1.54, 1.807) is 73.2 Å². The molecular weight excluding hydrogens is 583 g/mol. The van der Waals surface area contributed by atoms with Gasteiger partial charge in [0, 0.05) is 21.3 Å². The summed E-state index contributed by atoms with van der Waals surface area (Å²) in [7, 11) is 0. The Hall–Kier alpha value is -4.31. The molecule has 1 N–H and O–H groups in total. The summed E-state index contributed by atoms with van der Waals surface area (Å²) in [6.45, 7) is -0.0767. The Morgan fingerprint density at radius 3 is 2.54 bits per heavy atom. The first-order valence-corrected chi connectivity index (χ1v) is 13.9. The molecule has 2 heterocycles. The standard InChI is InChI=1S/C30H22Cl2N4O4S/c31-22-8-11-24(12-9-22)34-28(37)19-40-26-13-10-23(32)15-21(26)16-27-29(38)36(18-25-7-4-14-39-25)30(41-27)35-33-17-20-5-2-1-3-6-20/h1-17H,18-19H2,(H,34,37)/b27-16-,33-17+,35-30-. The summed E-state index contributed by atoms with van der Waals surface area (Å²) >= 11 is 13.3. The van der Waals surface area contributed by atoms with E-state index in [1.807, 2.05) is 30.3 Å². The monoisotopic (exact) mass is 604 g/mol. The van der Waals surface area contributed by atoms with E-state index in [1.165, 1.54) is 4.90 Å². The summed E-state index contributed by atoms with van der Waals surface area (Å²) in [6, 6.07) is 24.7. The van der Waals surface area contributed by atoms with Crippen LogP contribution in [0.25, 0.3) is 6.08 Å². The van der Waals surface area contributed by atoms with Crippen LogP contribution in [0.1, 0.15) is 16.9 Å². The second-order valence-electron chi connectivity index (χ2n) is 8.65. The number of furan rings is 1. The van der Waals surface area contributed by atoms with E-state index >= 15 is 0 Å². The number of carbonyl (C=O) groups is 2. The molecule has 4 aromatic rings. The Morgan fingerprint density at radius 1 is 1.00 bits per heavy atom. The zero-order valence-electron chi connectivity index (χ0n) is 21.4. The number of hydrogen-bond donors (Lipinski definition) is 1. The maximum atomic E-state index is 13.5. The second kappa shape index (κ2) is 13.4. The average molecular weight is 606 g/mol. The smallest absolute Gasteiger partial charge is 0.267 e. The van der Waals surface area contributed by atoms with Crippen molar-refractivity contribution in [3.05, 3.63) is 123 Å². The van der Waals surface area contributed by atoms with Crippen molar-refractivity contribution in [2.75, 3.05) is 11.9 Å². The Morgan fingerprint density at radius 2 is 1.78 bits per heavy atom. The molecule has 2 amide bonds. The van der Waals surface area contributed by atoms with Gasteiger partial charge in [0.05, 0.1) is 23.9 Å². The summed E-state index contributed by atoms with van der Waals surface area (Å²) < 4.78 is 11.3. The van der Waals surface area contributed by atoms with Crippen LogP contribution in [0.5, 0.6) is 5.75 Å². The number of carbonyl (C=O) groups excluding carboxylic acids is 2. The Balaban J connectivity index is 1.36. The number of hydrogen-bond acceptors (Lipinski definition) is 7. The molecule has 5 rings (SSSR count). The molecular formula is C30H22Cl2N4O4S. The maximum Gasteiger partial charge on any atom is 0.267 e. The Labute approximate surface area is 250 Å². The lowest BCUT2D eigenvalue weighted by molar-refractivity contribution is -0.122. The van der Waals surface area contributed by atoms with Crippen molar-refractivity contribution in [2.24, 2.45) is 10.2 Å². The fourth-order valence-corrected chi connectivity index (χ4v) is 4.98. The van der Waals surface area contributed by atoms with Gasteiger partial charge in [0.2, 0.25) is 0 Å². The van der Waals surface area contributed by atoms with Gasteiger partial charge in [0.25, 0.3) is 11.8 Å². The summed E-state index contributed by atoms with van der Waals surface area (Å²) in [5.41, 5.74) is 1.99. The zero-order chi connectivity index (χ0) is 28.6. The van der Waals surface area contributed by atoms with Crippen LogP contribution in [0.2, 0.25) is 10.0 Å². The van der Waals surface area contributed by atoms with Gasteiger partial charge in [-0.2, -0.15) is 5.10 Å². The molecule has 0 aliphatic carbocycles. The van der Waals surface area contributed by atoms with E-state index in [-0.39, 0.29) is 25.0 Å². The summed E-state index contributed by atoms with van der Waals surface area (Å²) in [6.07, 6.45) is 4.81. The lowest BCUT2D eigenvalue weighted by atomic mass is 10.2. The number of benzene rings is 3. The third kappa shape index (κ3) is 7.67. The lowest BCUT2D eigenvalue weighted by Crippen LogP contribution is -2.28. The van der Waals surface area contributed by atoms with Crippen LogP contribution >= 0.6 is 35.0 Å². The minimum absolute atomic E-state index is 0.180. The first-order chi connectivity index (χ1) is 19.9. The van der Waals surface area contributed by atoms with E-state index < -0.39 is 0 Å². The molecule has 1 fully saturated rings. The quantitative estimate of drug-likeness (QED) is 0.125. The zero-order valence-corrected chi connectivity index (χ0v) is 23.7. The Bertz CT molecular complexity index is 1620. The van der Waals surface area contributed by atoms with Crippen LogP contribution in [-0.2, 0) is 16.1 Å². The molecule has 41 heavy (non-hydrogen) atoms. The fourth-order valence-electron chi connectivity index (χ4n) is 3.74. The highest BCUT2D eigenvalue weighted by Crippen LogP contribution is 2.36. The number of nitrogens with zero attached hydrogens (tertiary/aromatic N) is 3. The van der Waals surface area contributed by atoms with Crippen molar-refractivity contribution in [2.45, 2.75) is 6.54 Å². The second-order valence-corrected chi connectivity index (χ2v) is 10.5. The van der Waals surface area contributed by atoms with E-state index in [4.69, 9.17) is 32.4 Å². The van der Waals surface area contributed by atoms with Crippen molar-refractivity contribution in [3.63, 3.8) is 0 Å². The first kappa shape index (κ1) is 28.2. The van der Waals surface area contributed by atoms with E-state index in [0.29, 0.717) is 42.9 Å². The normalized spacial score (nSPS) is 15.3. The Kier molecular flexibility index (Phi) is 9.20. The van der Waals surface area contributed by atoms with Gasteiger partial charge in [0.1, 0.15) is 11.5 Å². The first-order valence-electron chi connectivity index (χ1n) is 12.3. The molecule has 1 saturated heterocycles. The van der Waals surface area contributed by atoms with Crippen molar-refractivity contribution in [3.8, 4) is 5.75 Å². The molecule has 3 aromatic carbocycles. The molecule has 0 radical (unpaired) electrons. The highest BCUT2D eigenvalue weighted by molar-refractivity contribution is 8.18. The largest absolute Gasteiger partial charge is 0.483 e. The third-order valence-corrected chi connectivity index (χ3v) is 7.16. The summed E-state index contributed by atoms with van der Waals surface area (Å²) in [4.78, 5) is 27.8. The average Bonchev–Trinajstić information content (AvgIpc) is 3.59. The van der Waals surface area contributed by atoms with Crippen LogP contribution in [0.15, 0.2) is 111 Å². The molecule has 1 aliphatic heterocycles. The lowest BCUT2D eigenvalue weighted by Gasteiger charge is -2.13. The van der Waals surface area contributed by atoms with Gasteiger partial charge >= 0.3 is 0 Å². The maximum absolute atomic E-state index is 13.5. The van der Waals surface area contributed by atoms with Crippen LogP contribution in [0, 0.1) is 0 Å². The number of nitrogens with one attached hydrogen (secondary N) is 1. The van der Waals surface area contributed by atoms with Crippen molar-refractivity contribution >= 4 is 69.9 Å². The van der Waals surface area contributed by atoms with Gasteiger partial charge in [-0.05, 0) is 78.0 Å². The molecule has 0 unspecified atom stereocenters. The number of anilines is 1. The van der Waals surface area contributed by atoms with Gasteiger partial charge in [0.15, 0.2) is 11.8 Å². The molecule has 206 valence electrons. The number of ether oxygens (including phenoxy) is 1. The summed E-state index contributed by atoms with van der Waals surface area (Å²) in [5, 5.41) is 12.7. The van der Waals surface area contributed by atoms with Crippen LogP contribution < -0.4 is 10.1 Å². The van der Waals surface area contributed by atoms with Gasteiger partial charge < -0.3 is 14.5 Å². The molecule has 11 heteroatoms. The van der Waals surface area contributed by atoms with Gasteiger partial charge in [-0.1, -0.05) is 53.5 Å². The molecule has 0 bridgehead atoms. The third-order valence-electron chi connectivity index (χ3n) is 5.68. The number of amidine groups is 1. The van der Waals surface area contributed by atoms with Crippen molar-refractivity contribution < 1.29 is 18.7 Å².